The first-order valence-corrected chi connectivity index (χ1v) is 14.7. The summed E-state index contributed by atoms with van der Waals surface area (Å²) in [5, 5.41) is 11.1. The quantitative estimate of drug-likeness (QED) is 0.151. The monoisotopic (exact) mass is 506 g/mol. The summed E-state index contributed by atoms with van der Waals surface area (Å²) < 4.78 is 24.5. The van der Waals surface area contributed by atoms with Gasteiger partial charge in [0.25, 0.3) is 0 Å². The summed E-state index contributed by atoms with van der Waals surface area (Å²) in [6.45, 7) is 3.75. The number of ether oxygens (including phenoxy) is 4. The Kier molecular flexibility index (Phi) is 14.3. The second-order valence-corrected chi connectivity index (χ2v) is 10.7. The van der Waals surface area contributed by atoms with Crippen molar-refractivity contribution in [2.75, 3.05) is 13.2 Å². The molecule has 0 aromatic heterocycles. The van der Waals surface area contributed by atoms with E-state index in [9.17, 15) is 9.90 Å². The molecule has 3 rings (SSSR count). The summed E-state index contributed by atoms with van der Waals surface area (Å²) in [5.41, 5.74) is 0. The molecule has 1 saturated carbocycles. The van der Waals surface area contributed by atoms with Crippen LogP contribution >= 0.6 is 0 Å². The van der Waals surface area contributed by atoms with E-state index in [-0.39, 0.29) is 36.6 Å². The SMILES string of the molecule is CCCCC[C@@H](/C=C/[C@@H]1[C@@H](C/C=C\CCCC=O)[C@@H](OC2CCCCO2)C[C@H]1O)OC1CCCCO1. The van der Waals surface area contributed by atoms with Crippen molar-refractivity contribution in [3.8, 4) is 0 Å². The standard InChI is InChI=1S/C30H50O6/c1-2-3-7-14-24(35-29-16-9-12-21-33-29)18-19-25-26(15-8-5-4-6-11-20-31)28(23-27(25)32)36-30-17-10-13-22-34-30/h5,8,18-20,24-30,32H,2-4,6-7,9-17,21-23H2,1H3/b8-5-,19-18+/t24-,25+,26+,27+,28-,29?,30?/m0/s1. The summed E-state index contributed by atoms with van der Waals surface area (Å²) in [5.74, 6) is 0.203. The molecule has 2 unspecified atom stereocenters. The Hall–Kier alpha value is -1.05. The summed E-state index contributed by atoms with van der Waals surface area (Å²) in [6.07, 6.45) is 23.7. The third-order valence-corrected chi connectivity index (χ3v) is 7.73. The number of rotatable bonds is 16. The highest BCUT2D eigenvalue weighted by Gasteiger charge is 2.42. The molecule has 2 saturated heterocycles. The van der Waals surface area contributed by atoms with Crippen LogP contribution in [0.1, 0.15) is 103 Å². The van der Waals surface area contributed by atoms with Crippen molar-refractivity contribution >= 4 is 6.29 Å². The Morgan fingerprint density at radius 3 is 2.44 bits per heavy atom. The van der Waals surface area contributed by atoms with E-state index in [1.54, 1.807) is 0 Å². The summed E-state index contributed by atoms with van der Waals surface area (Å²) in [4.78, 5) is 10.6. The molecular formula is C30H50O6. The maximum Gasteiger partial charge on any atom is 0.158 e. The third kappa shape index (κ3) is 10.4. The fourth-order valence-corrected chi connectivity index (χ4v) is 5.61. The van der Waals surface area contributed by atoms with Crippen LogP contribution in [0.2, 0.25) is 0 Å². The van der Waals surface area contributed by atoms with Crippen LogP contribution in [0.5, 0.6) is 0 Å². The van der Waals surface area contributed by atoms with Gasteiger partial charge in [-0.3, -0.25) is 0 Å². The van der Waals surface area contributed by atoms with Crippen LogP contribution in [-0.4, -0.2) is 55.5 Å². The van der Waals surface area contributed by atoms with Gasteiger partial charge in [0.05, 0.1) is 18.3 Å². The lowest BCUT2D eigenvalue weighted by Crippen LogP contribution is -2.31. The largest absolute Gasteiger partial charge is 0.392 e. The van der Waals surface area contributed by atoms with Gasteiger partial charge in [0.2, 0.25) is 0 Å². The molecule has 36 heavy (non-hydrogen) atoms. The predicted molar refractivity (Wildman–Crippen MR) is 141 cm³/mol. The van der Waals surface area contributed by atoms with Gasteiger partial charge in [-0.25, -0.2) is 0 Å². The second kappa shape index (κ2) is 17.5. The van der Waals surface area contributed by atoms with Crippen molar-refractivity contribution in [2.45, 2.75) is 134 Å². The van der Waals surface area contributed by atoms with Crippen LogP contribution in [0.15, 0.2) is 24.3 Å². The molecule has 1 aliphatic carbocycles. The molecule has 0 aromatic rings. The van der Waals surface area contributed by atoms with Crippen molar-refractivity contribution in [3.63, 3.8) is 0 Å². The summed E-state index contributed by atoms with van der Waals surface area (Å²) in [6, 6.07) is 0. The van der Waals surface area contributed by atoms with E-state index in [0.29, 0.717) is 12.8 Å². The van der Waals surface area contributed by atoms with Gasteiger partial charge in [-0.2, -0.15) is 0 Å². The molecule has 6 nitrogen and oxygen atoms in total. The molecule has 3 aliphatic rings. The van der Waals surface area contributed by atoms with Crippen LogP contribution < -0.4 is 0 Å². The van der Waals surface area contributed by atoms with Gasteiger partial charge in [0.15, 0.2) is 12.6 Å². The fourth-order valence-electron chi connectivity index (χ4n) is 5.61. The zero-order chi connectivity index (χ0) is 25.4. The number of hydrogen-bond acceptors (Lipinski definition) is 6. The smallest absolute Gasteiger partial charge is 0.158 e. The van der Waals surface area contributed by atoms with Crippen LogP contribution in [0.3, 0.4) is 0 Å². The normalized spacial score (nSPS) is 32.4. The summed E-state index contributed by atoms with van der Waals surface area (Å²) >= 11 is 0. The van der Waals surface area contributed by atoms with E-state index < -0.39 is 6.10 Å². The Bertz CT molecular complexity index is 637. The van der Waals surface area contributed by atoms with Crippen LogP contribution in [0.25, 0.3) is 0 Å². The van der Waals surface area contributed by atoms with E-state index in [0.717, 1.165) is 90.1 Å². The van der Waals surface area contributed by atoms with Crippen LogP contribution in [0.4, 0.5) is 0 Å². The Morgan fingerprint density at radius 2 is 1.75 bits per heavy atom. The zero-order valence-electron chi connectivity index (χ0n) is 22.4. The first-order valence-electron chi connectivity index (χ1n) is 14.7. The topological polar surface area (TPSA) is 74.2 Å². The molecular weight excluding hydrogens is 456 g/mol. The van der Waals surface area contributed by atoms with Crippen molar-refractivity contribution in [1.29, 1.82) is 0 Å². The molecule has 3 fully saturated rings. The molecule has 0 radical (unpaired) electrons. The van der Waals surface area contributed by atoms with Gasteiger partial charge >= 0.3 is 0 Å². The number of allylic oxidation sites excluding steroid dienone is 2. The predicted octanol–water partition coefficient (Wildman–Crippen LogP) is 6.26. The van der Waals surface area contributed by atoms with E-state index in [2.05, 4.69) is 31.2 Å². The molecule has 7 atom stereocenters. The molecule has 0 amide bonds. The number of aliphatic hydroxyl groups excluding tert-OH is 1. The lowest BCUT2D eigenvalue weighted by molar-refractivity contribution is -0.195. The minimum Gasteiger partial charge on any atom is -0.392 e. The van der Waals surface area contributed by atoms with Crippen molar-refractivity contribution in [3.05, 3.63) is 24.3 Å². The first kappa shape index (κ1) is 29.5. The molecule has 6 heteroatoms. The minimum atomic E-state index is -0.439. The summed E-state index contributed by atoms with van der Waals surface area (Å²) in [7, 11) is 0. The molecule has 1 N–H and O–H groups in total. The fraction of sp³-hybridized carbons (Fsp3) is 0.833. The highest BCUT2D eigenvalue weighted by Crippen LogP contribution is 2.39. The van der Waals surface area contributed by atoms with Crippen LogP contribution in [0, 0.1) is 11.8 Å². The number of carbonyl (C=O) groups is 1. The molecule has 0 bridgehead atoms. The molecule has 0 spiro atoms. The van der Waals surface area contributed by atoms with Gasteiger partial charge in [0.1, 0.15) is 6.29 Å². The first-order chi connectivity index (χ1) is 17.7. The molecule has 2 aliphatic heterocycles. The Balaban J connectivity index is 1.65. The average molecular weight is 507 g/mol. The Labute approximate surface area is 218 Å². The van der Waals surface area contributed by atoms with Gasteiger partial charge in [-0.05, 0) is 70.1 Å². The second-order valence-electron chi connectivity index (χ2n) is 10.7. The molecule has 0 aromatic carbocycles. The Morgan fingerprint density at radius 1 is 0.972 bits per heavy atom. The van der Waals surface area contributed by atoms with E-state index in [1.165, 1.54) is 12.8 Å². The van der Waals surface area contributed by atoms with Gasteiger partial charge in [-0.1, -0.05) is 50.5 Å². The van der Waals surface area contributed by atoms with Gasteiger partial charge < -0.3 is 28.8 Å². The number of hydrogen-bond donors (Lipinski definition) is 1. The molecule has 2 heterocycles. The van der Waals surface area contributed by atoms with Gasteiger partial charge in [0, 0.05) is 32.0 Å². The maximum absolute atomic E-state index is 11.1. The highest BCUT2D eigenvalue weighted by molar-refractivity contribution is 5.49. The van der Waals surface area contributed by atoms with Crippen molar-refractivity contribution in [1.82, 2.24) is 0 Å². The number of aldehydes is 1. The minimum absolute atomic E-state index is 0.00743. The maximum atomic E-state index is 11.1. The van der Waals surface area contributed by atoms with E-state index in [4.69, 9.17) is 18.9 Å². The zero-order valence-corrected chi connectivity index (χ0v) is 22.4. The highest BCUT2D eigenvalue weighted by atomic mass is 16.7. The number of carbonyl (C=O) groups excluding carboxylic acids is 1. The van der Waals surface area contributed by atoms with E-state index >= 15 is 0 Å². The van der Waals surface area contributed by atoms with Crippen molar-refractivity contribution in [2.24, 2.45) is 11.8 Å². The number of aliphatic hydroxyl groups is 1. The van der Waals surface area contributed by atoms with E-state index in [1.807, 2.05) is 0 Å². The van der Waals surface area contributed by atoms with Crippen molar-refractivity contribution < 1.29 is 28.8 Å². The number of unbranched alkanes of at least 4 members (excludes halogenated alkanes) is 4. The van der Waals surface area contributed by atoms with Gasteiger partial charge in [-0.15, -0.1) is 0 Å². The van der Waals surface area contributed by atoms with Crippen LogP contribution in [-0.2, 0) is 23.7 Å². The lowest BCUT2D eigenvalue weighted by Gasteiger charge is -2.30. The molecule has 206 valence electrons. The average Bonchev–Trinajstić information content (AvgIpc) is 3.19. The lowest BCUT2D eigenvalue weighted by atomic mass is 9.89. The third-order valence-electron chi connectivity index (χ3n) is 7.73.